The first-order chi connectivity index (χ1) is 8.99. The van der Waals surface area contributed by atoms with Crippen LogP contribution in [0.4, 0.5) is 0 Å². The Labute approximate surface area is 111 Å². The Hall–Kier alpha value is -2.30. The van der Waals surface area contributed by atoms with Crippen LogP contribution in [0.15, 0.2) is 23.8 Å². The van der Waals surface area contributed by atoms with Crippen molar-refractivity contribution >= 4 is 17.8 Å². The molecule has 1 N–H and O–H groups in total. The summed E-state index contributed by atoms with van der Waals surface area (Å²) >= 11 is 0. The number of phenolic OH excluding ortho intramolecular Hbond substituents is 1. The molecule has 1 aromatic rings. The highest BCUT2D eigenvalue weighted by atomic mass is 16.5. The van der Waals surface area contributed by atoms with E-state index in [1.54, 1.807) is 13.0 Å². The number of aromatic hydroxyl groups is 1. The molecule has 1 rings (SSSR count). The minimum Gasteiger partial charge on any atom is -0.504 e. The van der Waals surface area contributed by atoms with E-state index < -0.39 is 5.97 Å². The SMILES string of the molecule is CCOC(=O)/C(=C\c1ccc(O)c(OC)c1)C(C)=O. The van der Waals surface area contributed by atoms with Gasteiger partial charge in [-0.05, 0) is 37.6 Å². The summed E-state index contributed by atoms with van der Waals surface area (Å²) in [5.74, 6) is -0.798. The van der Waals surface area contributed by atoms with Gasteiger partial charge in [0.2, 0.25) is 0 Å². The highest BCUT2D eigenvalue weighted by molar-refractivity contribution is 6.19. The number of hydrogen-bond donors (Lipinski definition) is 1. The molecule has 19 heavy (non-hydrogen) atoms. The number of carbonyl (C=O) groups excluding carboxylic acids is 2. The molecule has 0 unspecified atom stereocenters. The summed E-state index contributed by atoms with van der Waals surface area (Å²) in [6.45, 7) is 3.15. The highest BCUT2D eigenvalue weighted by Crippen LogP contribution is 2.27. The zero-order valence-electron chi connectivity index (χ0n) is 11.1. The highest BCUT2D eigenvalue weighted by Gasteiger charge is 2.15. The molecule has 0 saturated carbocycles. The molecule has 0 bridgehead atoms. The van der Waals surface area contributed by atoms with Gasteiger partial charge in [-0.3, -0.25) is 4.79 Å². The molecule has 0 spiro atoms. The number of ether oxygens (including phenoxy) is 2. The van der Waals surface area contributed by atoms with E-state index in [-0.39, 0.29) is 29.5 Å². The van der Waals surface area contributed by atoms with E-state index >= 15 is 0 Å². The number of benzene rings is 1. The van der Waals surface area contributed by atoms with Gasteiger partial charge in [-0.1, -0.05) is 6.07 Å². The van der Waals surface area contributed by atoms with Crippen molar-refractivity contribution in [3.8, 4) is 11.5 Å². The first-order valence-electron chi connectivity index (χ1n) is 5.76. The molecule has 0 aliphatic heterocycles. The van der Waals surface area contributed by atoms with Crippen molar-refractivity contribution in [2.24, 2.45) is 0 Å². The van der Waals surface area contributed by atoms with E-state index in [9.17, 15) is 14.7 Å². The van der Waals surface area contributed by atoms with Crippen LogP contribution in [0.2, 0.25) is 0 Å². The summed E-state index contributed by atoms with van der Waals surface area (Å²) in [5, 5.41) is 9.47. The van der Waals surface area contributed by atoms with Crippen LogP contribution in [0.1, 0.15) is 19.4 Å². The normalized spacial score (nSPS) is 11.0. The molecule has 102 valence electrons. The van der Waals surface area contributed by atoms with Crippen LogP contribution in [0.3, 0.4) is 0 Å². The van der Waals surface area contributed by atoms with Crippen LogP contribution in [0.5, 0.6) is 11.5 Å². The molecule has 5 nitrogen and oxygen atoms in total. The van der Waals surface area contributed by atoms with Gasteiger partial charge in [-0.2, -0.15) is 0 Å². The lowest BCUT2D eigenvalue weighted by atomic mass is 10.1. The van der Waals surface area contributed by atoms with Gasteiger partial charge >= 0.3 is 5.97 Å². The van der Waals surface area contributed by atoms with Gasteiger partial charge in [0.15, 0.2) is 17.3 Å². The topological polar surface area (TPSA) is 72.8 Å². The third kappa shape index (κ3) is 3.84. The van der Waals surface area contributed by atoms with E-state index in [0.29, 0.717) is 5.56 Å². The molecule has 0 aliphatic carbocycles. The van der Waals surface area contributed by atoms with E-state index in [1.165, 1.54) is 32.2 Å². The van der Waals surface area contributed by atoms with E-state index in [4.69, 9.17) is 9.47 Å². The smallest absolute Gasteiger partial charge is 0.341 e. The van der Waals surface area contributed by atoms with Crippen molar-refractivity contribution in [2.45, 2.75) is 13.8 Å². The van der Waals surface area contributed by atoms with Crippen molar-refractivity contribution in [1.29, 1.82) is 0 Å². The standard InChI is InChI=1S/C14H16O5/c1-4-19-14(17)11(9(2)15)7-10-5-6-12(16)13(8-10)18-3/h5-8,16H,4H2,1-3H3/b11-7-. The van der Waals surface area contributed by atoms with Gasteiger partial charge in [-0.15, -0.1) is 0 Å². The first kappa shape index (κ1) is 14.8. The summed E-state index contributed by atoms with van der Waals surface area (Å²) < 4.78 is 9.76. The lowest BCUT2D eigenvalue weighted by Gasteiger charge is -2.06. The van der Waals surface area contributed by atoms with Crippen molar-refractivity contribution in [3.63, 3.8) is 0 Å². The lowest BCUT2D eigenvalue weighted by Crippen LogP contribution is -2.13. The van der Waals surface area contributed by atoms with E-state index in [2.05, 4.69) is 0 Å². The van der Waals surface area contributed by atoms with Crippen LogP contribution in [-0.2, 0) is 14.3 Å². The summed E-state index contributed by atoms with van der Waals surface area (Å²) in [6.07, 6.45) is 1.41. The van der Waals surface area contributed by atoms with Gasteiger partial charge in [0.05, 0.1) is 13.7 Å². The summed E-state index contributed by atoms with van der Waals surface area (Å²) in [6, 6.07) is 4.52. The predicted molar refractivity (Wildman–Crippen MR) is 69.9 cm³/mol. The van der Waals surface area contributed by atoms with Crippen LogP contribution < -0.4 is 4.74 Å². The molecule has 0 fully saturated rings. The molecular formula is C14H16O5. The predicted octanol–water partition coefficient (Wildman–Crippen LogP) is 1.94. The lowest BCUT2D eigenvalue weighted by molar-refractivity contribution is -0.139. The fourth-order valence-corrected chi connectivity index (χ4v) is 1.46. The van der Waals surface area contributed by atoms with Crippen molar-refractivity contribution < 1.29 is 24.2 Å². The molecular weight excluding hydrogens is 248 g/mol. The third-order valence-corrected chi connectivity index (χ3v) is 2.39. The van der Waals surface area contributed by atoms with Crippen LogP contribution in [-0.4, -0.2) is 30.6 Å². The average Bonchev–Trinajstić information content (AvgIpc) is 2.37. The molecule has 1 aromatic carbocycles. The number of ketones is 1. The number of rotatable bonds is 5. The summed E-state index contributed by atoms with van der Waals surface area (Å²) in [7, 11) is 1.42. The second kappa shape index (κ2) is 6.58. The summed E-state index contributed by atoms with van der Waals surface area (Å²) in [4.78, 5) is 23.1. The number of hydrogen-bond acceptors (Lipinski definition) is 5. The molecule has 0 aliphatic rings. The van der Waals surface area contributed by atoms with Crippen molar-refractivity contribution in [2.75, 3.05) is 13.7 Å². The van der Waals surface area contributed by atoms with Gasteiger partial charge < -0.3 is 14.6 Å². The van der Waals surface area contributed by atoms with Crippen molar-refractivity contribution in [3.05, 3.63) is 29.3 Å². The molecule has 0 radical (unpaired) electrons. The second-order valence-corrected chi connectivity index (χ2v) is 3.77. The minimum atomic E-state index is -0.665. The van der Waals surface area contributed by atoms with Crippen LogP contribution >= 0.6 is 0 Å². The number of methoxy groups -OCH3 is 1. The zero-order valence-corrected chi connectivity index (χ0v) is 11.1. The Kier molecular flexibility index (Phi) is 5.11. The van der Waals surface area contributed by atoms with E-state index in [1.807, 2.05) is 0 Å². The van der Waals surface area contributed by atoms with Gasteiger partial charge in [0.25, 0.3) is 0 Å². The molecule has 0 amide bonds. The maximum atomic E-state index is 11.6. The van der Waals surface area contributed by atoms with Crippen molar-refractivity contribution in [1.82, 2.24) is 0 Å². The minimum absolute atomic E-state index is 0.0137. The maximum Gasteiger partial charge on any atom is 0.341 e. The Bertz CT molecular complexity index is 517. The molecule has 0 aromatic heterocycles. The van der Waals surface area contributed by atoms with Gasteiger partial charge in [-0.25, -0.2) is 4.79 Å². The largest absolute Gasteiger partial charge is 0.504 e. The fourth-order valence-electron chi connectivity index (χ4n) is 1.46. The van der Waals surface area contributed by atoms with Crippen LogP contribution in [0, 0.1) is 0 Å². The average molecular weight is 264 g/mol. The molecule has 0 heterocycles. The fraction of sp³-hybridized carbons (Fsp3) is 0.286. The number of esters is 1. The number of phenols is 1. The summed E-state index contributed by atoms with van der Waals surface area (Å²) in [5.41, 5.74) is 0.516. The Balaban J connectivity index is 3.15. The van der Waals surface area contributed by atoms with Gasteiger partial charge in [0, 0.05) is 0 Å². The quantitative estimate of drug-likeness (QED) is 0.381. The Morgan fingerprint density at radius 3 is 2.58 bits per heavy atom. The zero-order chi connectivity index (χ0) is 14.4. The number of carbonyl (C=O) groups is 2. The first-order valence-corrected chi connectivity index (χ1v) is 5.76. The Morgan fingerprint density at radius 2 is 2.05 bits per heavy atom. The second-order valence-electron chi connectivity index (χ2n) is 3.77. The van der Waals surface area contributed by atoms with Crippen LogP contribution in [0.25, 0.3) is 6.08 Å². The molecule has 0 saturated heterocycles. The molecule has 0 atom stereocenters. The van der Waals surface area contributed by atoms with E-state index in [0.717, 1.165) is 0 Å². The molecule has 5 heteroatoms. The van der Waals surface area contributed by atoms with Gasteiger partial charge in [0.1, 0.15) is 5.57 Å². The monoisotopic (exact) mass is 264 g/mol. The maximum absolute atomic E-state index is 11.6. The Morgan fingerprint density at radius 1 is 1.37 bits per heavy atom. The third-order valence-electron chi connectivity index (χ3n) is 2.39. The number of Topliss-reactive ketones (excluding diaryl/α,β-unsaturated/α-hetero) is 1.